The van der Waals surface area contributed by atoms with E-state index < -0.39 is 5.76 Å². The van der Waals surface area contributed by atoms with Crippen molar-refractivity contribution < 1.29 is 4.42 Å². The molecule has 4 heteroatoms. The lowest BCUT2D eigenvalue weighted by atomic mass is 10.0. The third-order valence-electron chi connectivity index (χ3n) is 3.12. The van der Waals surface area contributed by atoms with Crippen molar-refractivity contribution in [1.29, 1.82) is 0 Å². The van der Waals surface area contributed by atoms with Crippen molar-refractivity contribution in [3.05, 3.63) is 34.3 Å². The van der Waals surface area contributed by atoms with Crippen LogP contribution in [0.4, 0.5) is 0 Å². The first-order chi connectivity index (χ1) is 8.70. The van der Waals surface area contributed by atoms with Gasteiger partial charge in [0.1, 0.15) is 0 Å². The van der Waals surface area contributed by atoms with Crippen molar-refractivity contribution in [3.8, 4) is 0 Å². The van der Waals surface area contributed by atoms with Crippen molar-refractivity contribution in [2.75, 3.05) is 0 Å². The zero-order chi connectivity index (χ0) is 13.0. The van der Waals surface area contributed by atoms with Gasteiger partial charge < -0.3 is 4.42 Å². The summed E-state index contributed by atoms with van der Waals surface area (Å²) >= 11 is 6.36. The van der Waals surface area contributed by atoms with Gasteiger partial charge in [-0.15, -0.1) is 11.6 Å². The number of unbranched alkanes of at least 4 members (excludes halogenated alkanes) is 3. The highest BCUT2D eigenvalue weighted by Gasteiger charge is 2.10. The molecular weight excluding hydrogens is 250 g/mol. The monoisotopic (exact) mass is 267 g/mol. The predicted molar refractivity (Wildman–Crippen MR) is 74.2 cm³/mol. The number of hydrogen-bond donors (Lipinski definition) is 1. The summed E-state index contributed by atoms with van der Waals surface area (Å²) < 4.78 is 5.03. The molecule has 2 aromatic rings. The van der Waals surface area contributed by atoms with E-state index >= 15 is 0 Å². The second kappa shape index (κ2) is 6.10. The minimum atomic E-state index is -0.420. The molecular formula is C14H18ClNO2. The third kappa shape index (κ3) is 3.16. The predicted octanol–water partition coefficient (Wildman–Crippen LogP) is 4.37. The molecule has 1 atom stereocenters. The van der Waals surface area contributed by atoms with Gasteiger partial charge in [-0.25, -0.2) is 4.79 Å². The summed E-state index contributed by atoms with van der Waals surface area (Å²) in [4.78, 5) is 13.7. The first kappa shape index (κ1) is 13.2. The number of oxazole rings is 1. The number of benzene rings is 1. The van der Waals surface area contributed by atoms with Gasteiger partial charge in [0.25, 0.3) is 0 Å². The smallest absolute Gasteiger partial charge is 0.408 e. The second-order valence-corrected chi connectivity index (χ2v) is 5.11. The van der Waals surface area contributed by atoms with Crippen molar-refractivity contribution in [2.45, 2.75) is 44.4 Å². The number of rotatable bonds is 6. The van der Waals surface area contributed by atoms with Crippen LogP contribution < -0.4 is 5.76 Å². The fraction of sp³-hybridized carbons (Fsp3) is 0.500. The second-order valence-electron chi connectivity index (χ2n) is 4.59. The van der Waals surface area contributed by atoms with Crippen LogP contribution in [0.1, 0.15) is 50.0 Å². The molecule has 0 saturated heterocycles. The van der Waals surface area contributed by atoms with Gasteiger partial charge in [-0.05, 0) is 24.1 Å². The maximum Gasteiger partial charge on any atom is 0.417 e. The minimum absolute atomic E-state index is 0.00791. The SMILES string of the molecule is CCCCCCC(Cl)c1ccc2[nH]c(=O)oc2c1. The Bertz CT molecular complexity index is 558. The first-order valence-corrected chi connectivity index (χ1v) is 6.91. The van der Waals surface area contributed by atoms with Crippen LogP contribution in [0.5, 0.6) is 0 Å². The number of nitrogens with one attached hydrogen (secondary N) is 1. The molecule has 1 heterocycles. The maximum atomic E-state index is 11.1. The Balaban J connectivity index is 2.03. The molecule has 0 saturated carbocycles. The Labute approximate surface area is 111 Å². The molecule has 1 aromatic carbocycles. The van der Waals surface area contributed by atoms with Crippen LogP contribution in [0.15, 0.2) is 27.4 Å². The van der Waals surface area contributed by atoms with Crippen molar-refractivity contribution >= 4 is 22.7 Å². The molecule has 18 heavy (non-hydrogen) atoms. The number of hydrogen-bond acceptors (Lipinski definition) is 2. The van der Waals surface area contributed by atoms with Gasteiger partial charge in [-0.1, -0.05) is 38.7 Å². The van der Waals surface area contributed by atoms with Gasteiger partial charge in [0.15, 0.2) is 5.58 Å². The van der Waals surface area contributed by atoms with Crippen LogP contribution in [-0.4, -0.2) is 4.98 Å². The molecule has 0 fully saturated rings. The standard InChI is InChI=1S/C14H18ClNO2/c1-2-3-4-5-6-11(15)10-7-8-12-13(9-10)18-14(17)16-12/h7-9,11H,2-6H2,1H3,(H,16,17). The number of aromatic amines is 1. The molecule has 0 bridgehead atoms. The van der Waals surface area contributed by atoms with E-state index in [1.807, 2.05) is 18.2 Å². The molecule has 1 aromatic heterocycles. The molecule has 0 aliphatic carbocycles. The number of fused-ring (bicyclic) bond motifs is 1. The molecule has 1 unspecified atom stereocenters. The topological polar surface area (TPSA) is 46.0 Å². The Morgan fingerprint density at radius 3 is 2.94 bits per heavy atom. The van der Waals surface area contributed by atoms with Crippen LogP contribution >= 0.6 is 11.6 Å². The van der Waals surface area contributed by atoms with E-state index in [1.54, 1.807) is 0 Å². The van der Waals surface area contributed by atoms with Crippen LogP contribution in [0.2, 0.25) is 0 Å². The fourth-order valence-corrected chi connectivity index (χ4v) is 2.36. The lowest BCUT2D eigenvalue weighted by Gasteiger charge is -2.09. The molecule has 0 aliphatic rings. The maximum absolute atomic E-state index is 11.1. The Morgan fingerprint density at radius 1 is 1.33 bits per heavy atom. The Morgan fingerprint density at radius 2 is 2.17 bits per heavy atom. The number of H-pyrrole nitrogens is 1. The van der Waals surface area contributed by atoms with E-state index in [-0.39, 0.29) is 5.38 Å². The van der Waals surface area contributed by atoms with Crippen LogP contribution in [0.3, 0.4) is 0 Å². The summed E-state index contributed by atoms with van der Waals surface area (Å²) in [5, 5.41) is -0.00791. The molecule has 1 N–H and O–H groups in total. The van der Waals surface area contributed by atoms with Gasteiger partial charge in [0.05, 0.1) is 10.9 Å². The summed E-state index contributed by atoms with van der Waals surface area (Å²) in [7, 11) is 0. The Kier molecular flexibility index (Phi) is 4.48. The highest BCUT2D eigenvalue weighted by molar-refractivity contribution is 6.20. The van der Waals surface area contributed by atoms with E-state index in [0.29, 0.717) is 5.58 Å². The highest BCUT2D eigenvalue weighted by atomic mass is 35.5. The van der Waals surface area contributed by atoms with E-state index in [2.05, 4.69) is 11.9 Å². The molecule has 2 rings (SSSR count). The zero-order valence-electron chi connectivity index (χ0n) is 10.5. The average Bonchev–Trinajstić information content (AvgIpc) is 2.73. The molecule has 0 aliphatic heterocycles. The van der Waals surface area contributed by atoms with Gasteiger partial charge in [0, 0.05) is 0 Å². The molecule has 0 amide bonds. The van der Waals surface area contributed by atoms with Gasteiger partial charge >= 0.3 is 5.76 Å². The summed E-state index contributed by atoms with van der Waals surface area (Å²) in [6.07, 6.45) is 5.81. The van der Waals surface area contributed by atoms with E-state index in [4.69, 9.17) is 16.0 Å². The molecule has 0 spiro atoms. The highest BCUT2D eigenvalue weighted by Crippen LogP contribution is 2.28. The third-order valence-corrected chi connectivity index (χ3v) is 3.59. The fourth-order valence-electron chi connectivity index (χ4n) is 2.07. The van der Waals surface area contributed by atoms with Crippen LogP contribution in [0.25, 0.3) is 11.1 Å². The van der Waals surface area contributed by atoms with Crippen molar-refractivity contribution in [1.82, 2.24) is 4.98 Å². The first-order valence-electron chi connectivity index (χ1n) is 6.47. The van der Waals surface area contributed by atoms with Gasteiger partial charge in [0.2, 0.25) is 0 Å². The summed E-state index contributed by atoms with van der Waals surface area (Å²) in [5.41, 5.74) is 2.32. The van der Waals surface area contributed by atoms with E-state index in [1.165, 1.54) is 19.3 Å². The molecule has 3 nitrogen and oxygen atoms in total. The summed E-state index contributed by atoms with van der Waals surface area (Å²) in [6.45, 7) is 2.19. The van der Waals surface area contributed by atoms with Gasteiger partial charge in [-0.3, -0.25) is 4.98 Å². The lowest BCUT2D eigenvalue weighted by Crippen LogP contribution is -1.92. The number of aromatic nitrogens is 1. The van der Waals surface area contributed by atoms with Gasteiger partial charge in [-0.2, -0.15) is 0 Å². The largest absolute Gasteiger partial charge is 0.417 e. The summed E-state index contributed by atoms with van der Waals surface area (Å²) in [5.74, 6) is -0.420. The van der Waals surface area contributed by atoms with Crippen molar-refractivity contribution in [2.24, 2.45) is 0 Å². The molecule has 98 valence electrons. The lowest BCUT2D eigenvalue weighted by molar-refractivity contribution is 0.554. The van der Waals surface area contributed by atoms with E-state index in [0.717, 1.165) is 23.9 Å². The number of alkyl halides is 1. The molecule has 0 radical (unpaired) electrons. The zero-order valence-corrected chi connectivity index (χ0v) is 11.3. The van der Waals surface area contributed by atoms with Crippen LogP contribution in [-0.2, 0) is 0 Å². The van der Waals surface area contributed by atoms with Crippen molar-refractivity contribution in [3.63, 3.8) is 0 Å². The van der Waals surface area contributed by atoms with Crippen LogP contribution in [0, 0.1) is 0 Å². The summed E-state index contributed by atoms with van der Waals surface area (Å²) in [6, 6.07) is 5.65. The average molecular weight is 268 g/mol. The normalized spacial score (nSPS) is 13.0. The van der Waals surface area contributed by atoms with E-state index in [9.17, 15) is 4.79 Å². The quantitative estimate of drug-likeness (QED) is 0.624. The number of halogens is 1. The Hall–Kier alpha value is -1.22. The minimum Gasteiger partial charge on any atom is -0.408 e.